The fourth-order valence-corrected chi connectivity index (χ4v) is 2.89. The van der Waals surface area contributed by atoms with Crippen LogP contribution in [-0.2, 0) is 13.1 Å². The molecule has 130 valence electrons. The van der Waals surface area contributed by atoms with Crippen LogP contribution in [0.25, 0.3) is 0 Å². The largest absolute Gasteiger partial charge is 0.361 e. The zero-order valence-corrected chi connectivity index (χ0v) is 14.2. The Bertz CT molecular complexity index is 645. The summed E-state index contributed by atoms with van der Waals surface area (Å²) in [5.74, 6) is 0.829. The summed E-state index contributed by atoms with van der Waals surface area (Å²) in [5, 5.41) is 7.07. The monoisotopic (exact) mass is 332 g/mol. The molecule has 1 atom stereocenters. The fourth-order valence-electron chi connectivity index (χ4n) is 2.89. The molecule has 1 aliphatic heterocycles. The highest BCUT2D eigenvalue weighted by Crippen LogP contribution is 2.09. The van der Waals surface area contributed by atoms with Crippen LogP contribution in [0.1, 0.15) is 18.4 Å². The molecular formula is C16H24N6O2. The molecular weight excluding hydrogens is 308 g/mol. The molecule has 8 heteroatoms. The zero-order valence-electron chi connectivity index (χ0n) is 14.2. The molecule has 0 bridgehead atoms. The zero-order chi connectivity index (χ0) is 16.9. The number of imidazole rings is 1. The van der Waals surface area contributed by atoms with E-state index in [-0.39, 0.29) is 12.1 Å². The Morgan fingerprint density at radius 3 is 2.79 bits per heavy atom. The average Bonchev–Trinajstić information content (AvgIpc) is 3.20. The lowest BCUT2D eigenvalue weighted by Gasteiger charge is -2.34. The number of nitrogens with zero attached hydrogens (tertiary/aromatic N) is 5. The molecule has 1 aliphatic rings. The van der Waals surface area contributed by atoms with E-state index in [0.717, 1.165) is 50.7 Å². The van der Waals surface area contributed by atoms with Gasteiger partial charge in [-0.3, -0.25) is 4.90 Å². The number of piperazine rings is 1. The Morgan fingerprint density at radius 2 is 2.17 bits per heavy atom. The minimum absolute atomic E-state index is 0.000420. The van der Waals surface area contributed by atoms with Gasteiger partial charge in [0.2, 0.25) is 0 Å². The van der Waals surface area contributed by atoms with Gasteiger partial charge in [-0.05, 0) is 13.8 Å². The van der Waals surface area contributed by atoms with E-state index in [1.807, 2.05) is 35.6 Å². The van der Waals surface area contributed by atoms with Gasteiger partial charge in [-0.25, -0.2) is 9.78 Å². The maximum absolute atomic E-state index is 12.3. The second kappa shape index (κ2) is 7.48. The van der Waals surface area contributed by atoms with Crippen molar-refractivity contribution in [3.8, 4) is 0 Å². The summed E-state index contributed by atoms with van der Waals surface area (Å²) in [7, 11) is 0. The van der Waals surface area contributed by atoms with E-state index in [9.17, 15) is 4.79 Å². The van der Waals surface area contributed by atoms with Gasteiger partial charge < -0.3 is 19.3 Å². The van der Waals surface area contributed by atoms with E-state index in [1.54, 1.807) is 12.5 Å². The summed E-state index contributed by atoms with van der Waals surface area (Å²) in [6, 6.07) is 2.01. The standard InChI is InChI=1S/C16H24N6O2/c1-13(10-21-4-3-17-12-21)18-16(23)22-7-5-20(6-8-22)11-15-9-14(2)24-19-15/h3-4,9,12-13H,5-8,10-11H2,1-2H3,(H,18,23)/t13-/m1/s1. The van der Waals surface area contributed by atoms with Crippen LogP contribution in [-0.4, -0.2) is 62.8 Å². The summed E-state index contributed by atoms with van der Waals surface area (Å²) in [6.45, 7) is 8.51. The van der Waals surface area contributed by atoms with Gasteiger partial charge in [-0.2, -0.15) is 0 Å². The van der Waals surface area contributed by atoms with Gasteiger partial charge in [0, 0.05) is 63.8 Å². The average molecular weight is 332 g/mol. The van der Waals surface area contributed by atoms with Gasteiger partial charge in [0.1, 0.15) is 5.76 Å². The lowest BCUT2D eigenvalue weighted by molar-refractivity contribution is 0.131. The van der Waals surface area contributed by atoms with Crippen LogP contribution >= 0.6 is 0 Å². The molecule has 0 unspecified atom stereocenters. The highest BCUT2D eigenvalue weighted by Gasteiger charge is 2.22. The molecule has 1 fully saturated rings. The number of hydrogen-bond donors (Lipinski definition) is 1. The number of nitrogens with one attached hydrogen (secondary N) is 1. The second-order valence-corrected chi connectivity index (χ2v) is 6.30. The fraction of sp³-hybridized carbons (Fsp3) is 0.562. The van der Waals surface area contributed by atoms with Gasteiger partial charge in [-0.15, -0.1) is 0 Å². The molecule has 3 heterocycles. The highest BCUT2D eigenvalue weighted by atomic mass is 16.5. The van der Waals surface area contributed by atoms with Crippen LogP contribution in [0.5, 0.6) is 0 Å². The highest BCUT2D eigenvalue weighted by molar-refractivity contribution is 5.74. The smallest absolute Gasteiger partial charge is 0.317 e. The van der Waals surface area contributed by atoms with Gasteiger partial charge in [0.15, 0.2) is 0 Å². The molecule has 0 radical (unpaired) electrons. The van der Waals surface area contributed by atoms with Crippen molar-refractivity contribution in [1.29, 1.82) is 0 Å². The van der Waals surface area contributed by atoms with Crippen molar-refractivity contribution in [2.75, 3.05) is 26.2 Å². The Labute approximate surface area is 141 Å². The van der Waals surface area contributed by atoms with Crippen molar-refractivity contribution in [3.63, 3.8) is 0 Å². The van der Waals surface area contributed by atoms with E-state index in [4.69, 9.17) is 4.52 Å². The number of hydrogen-bond acceptors (Lipinski definition) is 5. The maximum atomic E-state index is 12.3. The van der Waals surface area contributed by atoms with Crippen molar-refractivity contribution >= 4 is 6.03 Å². The first-order valence-electron chi connectivity index (χ1n) is 8.26. The molecule has 8 nitrogen and oxygen atoms in total. The van der Waals surface area contributed by atoms with E-state index < -0.39 is 0 Å². The van der Waals surface area contributed by atoms with Gasteiger partial charge in [-0.1, -0.05) is 5.16 Å². The number of urea groups is 1. The first-order chi connectivity index (χ1) is 11.6. The molecule has 0 saturated carbocycles. The number of carbonyl (C=O) groups excluding carboxylic acids is 1. The van der Waals surface area contributed by atoms with E-state index in [2.05, 4.69) is 20.4 Å². The van der Waals surface area contributed by atoms with Crippen molar-refractivity contribution in [3.05, 3.63) is 36.2 Å². The normalized spacial score (nSPS) is 17.0. The molecule has 2 aromatic rings. The molecule has 24 heavy (non-hydrogen) atoms. The van der Waals surface area contributed by atoms with Crippen molar-refractivity contribution < 1.29 is 9.32 Å². The Hall–Kier alpha value is -2.35. The van der Waals surface area contributed by atoms with E-state index in [0.29, 0.717) is 0 Å². The Kier molecular flexibility index (Phi) is 5.14. The molecule has 0 aliphatic carbocycles. The molecule has 2 amide bonds. The molecule has 0 aromatic carbocycles. The van der Waals surface area contributed by atoms with Gasteiger partial charge in [0.25, 0.3) is 0 Å². The topological polar surface area (TPSA) is 79.4 Å². The van der Waals surface area contributed by atoms with Gasteiger partial charge in [0.05, 0.1) is 12.0 Å². The first kappa shape index (κ1) is 16.5. The third kappa shape index (κ3) is 4.35. The minimum Gasteiger partial charge on any atom is -0.361 e. The summed E-state index contributed by atoms with van der Waals surface area (Å²) in [4.78, 5) is 20.5. The minimum atomic E-state index is -0.000420. The molecule has 3 rings (SSSR count). The molecule has 0 spiro atoms. The lowest BCUT2D eigenvalue weighted by atomic mass is 10.3. The maximum Gasteiger partial charge on any atom is 0.317 e. The molecule has 2 aromatic heterocycles. The SMILES string of the molecule is Cc1cc(CN2CCN(C(=O)N[C@H](C)Cn3ccnc3)CC2)no1. The predicted octanol–water partition coefficient (Wildman–Crippen LogP) is 1.10. The lowest BCUT2D eigenvalue weighted by Crippen LogP contribution is -2.53. The van der Waals surface area contributed by atoms with Crippen LogP contribution < -0.4 is 5.32 Å². The Balaban J connectivity index is 1.41. The van der Waals surface area contributed by atoms with Crippen LogP contribution in [0.3, 0.4) is 0 Å². The summed E-state index contributed by atoms with van der Waals surface area (Å²) < 4.78 is 7.06. The van der Waals surface area contributed by atoms with Crippen LogP contribution in [0.2, 0.25) is 0 Å². The third-order valence-corrected chi connectivity index (χ3v) is 4.14. The summed E-state index contributed by atoms with van der Waals surface area (Å²) in [6.07, 6.45) is 5.39. The number of amides is 2. The van der Waals surface area contributed by atoms with Crippen molar-refractivity contribution in [2.45, 2.75) is 33.0 Å². The van der Waals surface area contributed by atoms with Crippen LogP contribution in [0.4, 0.5) is 4.79 Å². The van der Waals surface area contributed by atoms with E-state index >= 15 is 0 Å². The first-order valence-corrected chi connectivity index (χ1v) is 8.26. The molecule has 1 saturated heterocycles. The van der Waals surface area contributed by atoms with Crippen LogP contribution in [0, 0.1) is 6.92 Å². The Morgan fingerprint density at radius 1 is 1.38 bits per heavy atom. The van der Waals surface area contributed by atoms with Gasteiger partial charge >= 0.3 is 6.03 Å². The molecule has 1 N–H and O–H groups in total. The number of aryl methyl sites for hydroxylation is 1. The number of aromatic nitrogens is 3. The quantitative estimate of drug-likeness (QED) is 0.887. The van der Waals surface area contributed by atoms with E-state index in [1.165, 1.54) is 0 Å². The third-order valence-electron chi connectivity index (χ3n) is 4.14. The number of rotatable bonds is 5. The number of carbonyl (C=O) groups is 1. The predicted molar refractivity (Wildman–Crippen MR) is 88.3 cm³/mol. The summed E-state index contributed by atoms with van der Waals surface area (Å²) in [5.41, 5.74) is 0.944. The second-order valence-electron chi connectivity index (χ2n) is 6.30. The van der Waals surface area contributed by atoms with Crippen LogP contribution in [0.15, 0.2) is 29.3 Å². The van der Waals surface area contributed by atoms with Crippen molar-refractivity contribution in [1.82, 2.24) is 29.8 Å². The van der Waals surface area contributed by atoms with Crippen molar-refractivity contribution in [2.24, 2.45) is 0 Å². The summed E-state index contributed by atoms with van der Waals surface area (Å²) >= 11 is 0.